The minimum absolute atomic E-state index is 0.255. The van der Waals surface area contributed by atoms with Crippen molar-refractivity contribution < 1.29 is 18.3 Å². The molecule has 0 saturated heterocycles. The highest BCUT2D eigenvalue weighted by atomic mass is 32.2. The topological polar surface area (TPSA) is 73.4 Å². The fourth-order valence-electron chi connectivity index (χ4n) is 2.27. The van der Waals surface area contributed by atoms with E-state index >= 15 is 0 Å². The molecule has 0 aliphatic heterocycles. The van der Waals surface area contributed by atoms with Crippen LogP contribution in [0.5, 0.6) is 0 Å². The molecule has 24 heavy (non-hydrogen) atoms. The average Bonchev–Trinajstić information content (AvgIpc) is 3.32. The Morgan fingerprint density at radius 3 is 2.33 bits per heavy atom. The summed E-state index contributed by atoms with van der Waals surface area (Å²) in [6, 6.07) is 7.44. The molecule has 3 aromatic rings. The first-order valence-electron chi connectivity index (χ1n) is 7.85. The first-order valence-corrected chi connectivity index (χ1v) is 8.84. The molecule has 0 amide bonds. The number of furan rings is 2. The van der Waals surface area contributed by atoms with Crippen molar-refractivity contribution in [1.29, 1.82) is 0 Å². The van der Waals surface area contributed by atoms with Crippen LogP contribution in [0.1, 0.15) is 13.8 Å². The maximum absolute atomic E-state index is 5.56. The van der Waals surface area contributed by atoms with Crippen LogP contribution >= 0.6 is 11.8 Å². The van der Waals surface area contributed by atoms with E-state index in [1.165, 1.54) is 11.8 Å². The lowest BCUT2D eigenvalue weighted by Gasteiger charge is -2.15. The minimum Gasteiger partial charge on any atom is -0.463 e. The predicted octanol–water partition coefficient (Wildman–Crippen LogP) is 4.42. The Bertz CT molecular complexity index is 664. The number of hydrogen-bond acceptors (Lipinski definition) is 6. The van der Waals surface area contributed by atoms with E-state index < -0.39 is 0 Å². The zero-order valence-electron chi connectivity index (χ0n) is 13.7. The molecule has 0 aliphatic rings. The molecule has 1 N–H and O–H groups in total. The molecule has 0 fully saturated rings. The van der Waals surface area contributed by atoms with Gasteiger partial charge in [0.05, 0.1) is 18.3 Å². The molecule has 3 heterocycles. The van der Waals surface area contributed by atoms with Gasteiger partial charge in [-0.05, 0) is 38.1 Å². The summed E-state index contributed by atoms with van der Waals surface area (Å²) < 4.78 is 22.1. The Balaban J connectivity index is 1.81. The van der Waals surface area contributed by atoms with Gasteiger partial charge in [-0.3, -0.25) is 0 Å². The molecule has 0 spiro atoms. The number of rotatable bonds is 9. The van der Waals surface area contributed by atoms with Crippen LogP contribution in [0.3, 0.4) is 0 Å². The third kappa shape index (κ3) is 3.92. The minimum atomic E-state index is -0.255. The lowest BCUT2D eigenvalue weighted by molar-refractivity contribution is -0.120. The molecule has 3 rings (SSSR count). The summed E-state index contributed by atoms with van der Waals surface area (Å²) in [7, 11) is 0. The number of ether oxygens (including phenoxy) is 2. The molecule has 0 radical (unpaired) electrons. The Labute approximate surface area is 144 Å². The van der Waals surface area contributed by atoms with Crippen molar-refractivity contribution in [3.05, 3.63) is 36.8 Å². The molecule has 0 aromatic carbocycles. The van der Waals surface area contributed by atoms with Crippen molar-refractivity contribution in [1.82, 2.24) is 9.97 Å². The third-order valence-corrected chi connectivity index (χ3v) is 4.17. The van der Waals surface area contributed by atoms with Crippen LogP contribution in [0.2, 0.25) is 0 Å². The number of nitrogens with zero attached hydrogens (tertiary/aromatic N) is 1. The van der Waals surface area contributed by atoms with Crippen molar-refractivity contribution >= 4 is 11.8 Å². The number of thioether (sulfide) groups is 1. The second-order valence-corrected chi connectivity index (χ2v) is 5.88. The van der Waals surface area contributed by atoms with Crippen LogP contribution in [0.15, 0.2) is 50.8 Å². The van der Waals surface area contributed by atoms with E-state index in [9.17, 15) is 0 Å². The normalized spacial score (nSPS) is 11.5. The van der Waals surface area contributed by atoms with Crippen LogP contribution < -0.4 is 0 Å². The summed E-state index contributed by atoms with van der Waals surface area (Å²) in [6.07, 6.45) is 3.01. The molecule has 7 heteroatoms. The largest absolute Gasteiger partial charge is 0.463 e. The number of aromatic amines is 1. The maximum atomic E-state index is 5.56. The molecule has 0 unspecified atom stereocenters. The quantitative estimate of drug-likeness (QED) is 0.456. The highest BCUT2D eigenvalue weighted by Gasteiger charge is 2.19. The van der Waals surface area contributed by atoms with Crippen molar-refractivity contribution in [2.45, 2.75) is 25.3 Å². The summed E-state index contributed by atoms with van der Waals surface area (Å²) in [5.74, 6) is 2.05. The van der Waals surface area contributed by atoms with Crippen LogP contribution in [0, 0.1) is 0 Å². The van der Waals surface area contributed by atoms with Gasteiger partial charge < -0.3 is 23.3 Å². The molecule has 0 bridgehead atoms. The summed E-state index contributed by atoms with van der Waals surface area (Å²) in [6.45, 7) is 5.12. The smallest absolute Gasteiger partial charge is 0.166 e. The number of hydrogen-bond donors (Lipinski definition) is 1. The van der Waals surface area contributed by atoms with Gasteiger partial charge in [0.15, 0.2) is 23.0 Å². The van der Waals surface area contributed by atoms with Crippen LogP contribution in [-0.4, -0.2) is 35.2 Å². The van der Waals surface area contributed by atoms with Crippen molar-refractivity contribution in [3.8, 4) is 22.9 Å². The van der Waals surface area contributed by atoms with Gasteiger partial charge in [-0.2, -0.15) is 0 Å². The molecule has 0 aliphatic carbocycles. The van der Waals surface area contributed by atoms with Gasteiger partial charge in [0.1, 0.15) is 11.4 Å². The van der Waals surface area contributed by atoms with Crippen molar-refractivity contribution in [2.24, 2.45) is 0 Å². The Hall–Kier alpha value is -1.96. The van der Waals surface area contributed by atoms with Crippen LogP contribution in [0.25, 0.3) is 22.9 Å². The lowest BCUT2D eigenvalue weighted by atomic mass is 10.2. The van der Waals surface area contributed by atoms with Gasteiger partial charge in [0.25, 0.3) is 0 Å². The summed E-state index contributed by atoms with van der Waals surface area (Å²) in [4.78, 5) is 7.94. The fourth-order valence-corrected chi connectivity index (χ4v) is 3.09. The van der Waals surface area contributed by atoms with Crippen molar-refractivity contribution in [3.63, 3.8) is 0 Å². The number of aromatic nitrogens is 2. The monoisotopic (exact) mass is 348 g/mol. The Morgan fingerprint density at radius 1 is 1.08 bits per heavy atom. The second kappa shape index (κ2) is 8.23. The summed E-state index contributed by atoms with van der Waals surface area (Å²) in [5, 5.41) is 0.761. The van der Waals surface area contributed by atoms with E-state index in [4.69, 9.17) is 18.3 Å². The average molecular weight is 348 g/mol. The van der Waals surface area contributed by atoms with Gasteiger partial charge in [-0.15, -0.1) is 0 Å². The van der Waals surface area contributed by atoms with E-state index in [0.717, 1.165) is 16.5 Å². The predicted molar refractivity (Wildman–Crippen MR) is 91.8 cm³/mol. The molecular weight excluding hydrogens is 328 g/mol. The lowest BCUT2D eigenvalue weighted by Crippen LogP contribution is -2.20. The number of H-pyrrole nitrogens is 1. The van der Waals surface area contributed by atoms with Crippen LogP contribution in [0.4, 0.5) is 0 Å². The van der Waals surface area contributed by atoms with Gasteiger partial charge in [0.2, 0.25) is 0 Å². The standard InChI is InChI=1S/C17H20N2O4S/c1-3-20-14(21-4-2)11-24-17-18-15(12-7-5-9-22-12)16(19-17)13-8-6-10-23-13/h5-10,14H,3-4,11H2,1-2H3,(H,18,19). The molecular formula is C17H20N2O4S. The third-order valence-electron chi connectivity index (χ3n) is 3.27. The van der Waals surface area contributed by atoms with E-state index in [0.29, 0.717) is 30.5 Å². The Morgan fingerprint density at radius 2 is 1.75 bits per heavy atom. The second-order valence-electron chi connectivity index (χ2n) is 4.87. The first-order chi connectivity index (χ1) is 11.8. The first kappa shape index (κ1) is 16.9. The van der Waals surface area contributed by atoms with Crippen LogP contribution in [-0.2, 0) is 9.47 Å². The molecule has 0 saturated carbocycles. The van der Waals surface area contributed by atoms with E-state index in [2.05, 4.69) is 9.97 Å². The highest BCUT2D eigenvalue weighted by molar-refractivity contribution is 7.99. The number of nitrogens with one attached hydrogen (secondary N) is 1. The summed E-state index contributed by atoms with van der Waals surface area (Å²) in [5.41, 5.74) is 1.52. The number of imidazole rings is 1. The fraction of sp³-hybridized carbons (Fsp3) is 0.353. The molecule has 0 atom stereocenters. The SMILES string of the molecule is CCOC(CSc1nc(-c2ccco2)c(-c2ccco2)[nH]1)OCC. The van der Waals surface area contributed by atoms with Gasteiger partial charge in [-0.1, -0.05) is 11.8 Å². The molecule has 6 nitrogen and oxygen atoms in total. The Kier molecular flexibility index (Phi) is 5.79. The zero-order chi connectivity index (χ0) is 16.8. The van der Waals surface area contributed by atoms with Gasteiger partial charge in [0, 0.05) is 13.2 Å². The van der Waals surface area contributed by atoms with Crippen molar-refractivity contribution in [2.75, 3.05) is 19.0 Å². The maximum Gasteiger partial charge on any atom is 0.166 e. The zero-order valence-corrected chi connectivity index (χ0v) is 14.5. The highest BCUT2D eigenvalue weighted by Crippen LogP contribution is 2.33. The van der Waals surface area contributed by atoms with E-state index in [1.807, 2.05) is 38.1 Å². The van der Waals surface area contributed by atoms with Gasteiger partial charge in [-0.25, -0.2) is 4.98 Å². The molecule has 3 aromatic heterocycles. The van der Waals surface area contributed by atoms with E-state index in [1.54, 1.807) is 12.5 Å². The summed E-state index contributed by atoms with van der Waals surface area (Å²) >= 11 is 1.54. The van der Waals surface area contributed by atoms with E-state index in [-0.39, 0.29) is 6.29 Å². The molecule has 128 valence electrons. The van der Waals surface area contributed by atoms with Gasteiger partial charge >= 0.3 is 0 Å².